The van der Waals surface area contributed by atoms with Crippen LogP contribution in [0.3, 0.4) is 0 Å². The van der Waals surface area contributed by atoms with Crippen molar-refractivity contribution >= 4 is 33.6 Å². The van der Waals surface area contributed by atoms with E-state index in [0.717, 1.165) is 11.8 Å². The van der Waals surface area contributed by atoms with Gasteiger partial charge in [0.25, 0.3) is 5.91 Å². The van der Waals surface area contributed by atoms with Crippen LogP contribution in [0.15, 0.2) is 22.7 Å². The molecule has 21 heavy (non-hydrogen) atoms. The maximum atomic E-state index is 12.9. The van der Waals surface area contributed by atoms with Gasteiger partial charge in [0.2, 0.25) is 0 Å². The number of benzene rings is 1. The molecule has 0 aromatic heterocycles. The number of carbonyl (C=O) groups is 1. The Morgan fingerprint density at radius 3 is 2.62 bits per heavy atom. The van der Waals surface area contributed by atoms with Gasteiger partial charge in [-0.15, -0.1) is 0 Å². The van der Waals surface area contributed by atoms with Crippen molar-refractivity contribution in [2.45, 2.75) is 24.8 Å². The summed E-state index contributed by atoms with van der Waals surface area (Å²) in [5.74, 6) is 0.447. The Kier molecular flexibility index (Phi) is 4.63. The largest absolute Gasteiger partial charge is 0.417 e. The van der Waals surface area contributed by atoms with Crippen LogP contribution in [0.4, 0.5) is 13.2 Å². The summed E-state index contributed by atoms with van der Waals surface area (Å²) in [7, 11) is 0. The van der Waals surface area contributed by atoms with Gasteiger partial charge in [0.15, 0.2) is 0 Å². The van der Waals surface area contributed by atoms with Gasteiger partial charge in [-0.2, -0.15) is 24.9 Å². The van der Waals surface area contributed by atoms with Crippen LogP contribution in [0.1, 0.15) is 29.8 Å². The lowest BCUT2D eigenvalue weighted by Gasteiger charge is -2.37. The Bertz CT molecular complexity index is 560. The molecule has 0 aliphatic carbocycles. The highest BCUT2D eigenvalue weighted by molar-refractivity contribution is 9.10. The van der Waals surface area contributed by atoms with Crippen LogP contribution in [0.25, 0.3) is 0 Å². The van der Waals surface area contributed by atoms with E-state index >= 15 is 0 Å². The maximum absolute atomic E-state index is 12.9. The van der Waals surface area contributed by atoms with Gasteiger partial charge in [-0.1, -0.05) is 15.9 Å². The van der Waals surface area contributed by atoms with Crippen LogP contribution in [0, 0.1) is 0 Å². The number of thioether (sulfide) groups is 1. The molecule has 0 radical (unpaired) electrons. The van der Waals surface area contributed by atoms with Gasteiger partial charge in [0, 0.05) is 33.6 Å². The van der Waals surface area contributed by atoms with Crippen LogP contribution < -0.4 is 0 Å². The summed E-state index contributed by atoms with van der Waals surface area (Å²) in [5.41, 5.74) is -0.743. The first-order chi connectivity index (χ1) is 9.60. The zero-order valence-electron chi connectivity index (χ0n) is 11.6. The predicted octanol–water partition coefficient (Wildman–Crippen LogP) is 4.44. The van der Waals surface area contributed by atoms with Crippen molar-refractivity contribution in [2.24, 2.45) is 0 Å². The molecule has 0 unspecified atom stereocenters. The number of nitrogens with zero attached hydrogens (tertiary/aromatic N) is 1. The van der Waals surface area contributed by atoms with E-state index in [1.54, 1.807) is 16.7 Å². The first-order valence-electron chi connectivity index (χ1n) is 6.40. The quantitative estimate of drug-likeness (QED) is 0.716. The third-order valence-electron chi connectivity index (χ3n) is 3.23. The van der Waals surface area contributed by atoms with Crippen molar-refractivity contribution in [2.75, 3.05) is 18.8 Å². The first kappa shape index (κ1) is 16.7. The van der Waals surface area contributed by atoms with Crippen LogP contribution in [0.2, 0.25) is 0 Å². The molecule has 1 saturated heterocycles. The van der Waals surface area contributed by atoms with Gasteiger partial charge in [0.1, 0.15) is 0 Å². The van der Waals surface area contributed by atoms with E-state index in [9.17, 15) is 18.0 Å². The summed E-state index contributed by atoms with van der Waals surface area (Å²) >= 11 is 4.65. The summed E-state index contributed by atoms with van der Waals surface area (Å²) < 4.78 is 38.6. The Hall–Kier alpha value is -0.690. The molecule has 0 spiro atoms. The van der Waals surface area contributed by atoms with E-state index in [2.05, 4.69) is 15.9 Å². The summed E-state index contributed by atoms with van der Waals surface area (Å²) in [6, 6.07) is 3.62. The van der Waals surface area contributed by atoms with Gasteiger partial charge in [-0.05, 0) is 32.0 Å². The second-order valence-corrected chi connectivity index (χ2v) is 8.18. The Morgan fingerprint density at radius 1 is 1.38 bits per heavy atom. The average molecular weight is 382 g/mol. The van der Waals surface area contributed by atoms with E-state index in [0.29, 0.717) is 13.1 Å². The second kappa shape index (κ2) is 5.83. The van der Waals surface area contributed by atoms with Gasteiger partial charge in [0.05, 0.1) is 5.56 Å². The smallest absolute Gasteiger partial charge is 0.336 e. The molecule has 0 atom stereocenters. The minimum atomic E-state index is -4.48. The Labute approximate surface area is 134 Å². The summed E-state index contributed by atoms with van der Waals surface area (Å²) in [5, 5.41) is 0. The summed E-state index contributed by atoms with van der Waals surface area (Å²) in [6.45, 7) is 5.15. The molecule has 0 N–H and O–H groups in total. The van der Waals surface area contributed by atoms with E-state index in [-0.39, 0.29) is 20.7 Å². The van der Waals surface area contributed by atoms with Crippen molar-refractivity contribution in [3.05, 3.63) is 33.8 Å². The molecular formula is C14H15BrF3NOS. The lowest BCUT2D eigenvalue weighted by Crippen LogP contribution is -2.46. The lowest BCUT2D eigenvalue weighted by atomic mass is 10.1. The number of rotatable bonds is 1. The van der Waals surface area contributed by atoms with Crippen LogP contribution in [-0.4, -0.2) is 34.4 Å². The third kappa shape index (κ3) is 3.94. The van der Waals surface area contributed by atoms with E-state index < -0.39 is 11.7 Å². The highest BCUT2D eigenvalue weighted by atomic mass is 79.9. The van der Waals surface area contributed by atoms with Crippen molar-refractivity contribution in [1.82, 2.24) is 4.90 Å². The van der Waals surface area contributed by atoms with E-state index in [4.69, 9.17) is 0 Å². The van der Waals surface area contributed by atoms with Gasteiger partial charge in [-0.25, -0.2) is 0 Å². The summed E-state index contributed by atoms with van der Waals surface area (Å²) in [6.07, 6.45) is -4.48. The molecule has 116 valence electrons. The highest BCUT2D eigenvalue weighted by Gasteiger charge is 2.35. The molecular weight excluding hydrogens is 367 g/mol. The monoisotopic (exact) mass is 381 g/mol. The molecule has 1 heterocycles. The normalized spacial score (nSPS) is 18.7. The molecule has 1 amide bonds. The Morgan fingerprint density at radius 2 is 2.05 bits per heavy atom. The van der Waals surface area contributed by atoms with Gasteiger partial charge < -0.3 is 4.90 Å². The molecule has 1 aromatic carbocycles. The fourth-order valence-electron chi connectivity index (χ4n) is 2.25. The van der Waals surface area contributed by atoms with E-state index in [1.165, 1.54) is 12.1 Å². The third-order valence-corrected chi connectivity index (χ3v) is 5.22. The number of hydrogen-bond acceptors (Lipinski definition) is 2. The SMILES string of the molecule is CC1(C)CN(C(=O)c2ccc(Br)c(C(F)(F)F)c2)CCS1. The minimum Gasteiger partial charge on any atom is -0.336 e. The van der Waals surface area contributed by atoms with Crippen LogP contribution in [-0.2, 0) is 6.18 Å². The zero-order valence-corrected chi connectivity index (χ0v) is 14.0. The van der Waals surface area contributed by atoms with Gasteiger partial charge in [-0.3, -0.25) is 4.79 Å². The topological polar surface area (TPSA) is 20.3 Å². The molecule has 0 bridgehead atoms. The van der Waals surface area contributed by atoms with E-state index in [1.807, 2.05) is 13.8 Å². The Balaban J connectivity index is 2.28. The minimum absolute atomic E-state index is 0.0546. The molecule has 0 saturated carbocycles. The standard InChI is InChI=1S/C14H15BrF3NOS/c1-13(2)8-19(5-6-21-13)12(20)9-3-4-11(15)10(7-9)14(16,17)18/h3-4,7H,5-6,8H2,1-2H3. The number of alkyl halides is 3. The molecule has 7 heteroatoms. The predicted molar refractivity (Wildman–Crippen MR) is 81.6 cm³/mol. The molecule has 1 aromatic rings. The average Bonchev–Trinajstić information content (AvgIpc) is 2.36. The molecule has 2 nitrogen and oxygen atoms in total. The van der Waals surface area contributed by atoms with Crippen molar-refractivity contribution in [3.63, 3.8) is 0 Å². The van der Waals surface area contributed by atoms with Crippen molar-refractivity contribution in [1.29, 1.82) is 0 Å². The number of hydrogen-bond donors (Lipinski definition) is 0. The molecule has 2 rings (SSSR count). The zero-order chi connectivity index (χ0) is 15.8. The molecule has 1 fully saturated rings. The van der Waals surface area contributed by atoms with Crippen molar-refractivity contribution in [3.8, 4) is 0 Å². The number of halogens is 4. The van der Waals surface area contributed by atoms with Crippen LogP contribution in [0.5, 0.6) is 0 Å². The lowest BCUT2D eigenvalue weighted by molar-refractivity contribution is -0.138. The summed E-state index contributed by atoms with van der Waals surface area (Å²) in [4.78, 5) is 14.0. The fraction of sp³-hybridized carbons (Fsp3) is 0.500. The second-order valence-electron chi connectivity index (χ2n) is 5.53. The first-order valence-corrected chi connectivity index (χ1v) is 8.18. The molecule has 1 aliphatic heterocycles. The van der Waals surface area contributed by atoms with Crippen molar-refractivity contribution < 1.29 is 18.0 Å². The highest BCUT2D eigenvalue weighted by Crippen LogP contribution is 2.36. The van der Waals surface area contributed by atoms with Gasteiger partial charge >= 0.3 is 6.18 Å². The maximum Gasteiger partial charge on any atom is 0.417 e. The fourth-order valence-corrected chi connectivity index (χ4v) is 3.83. The van der Waals surface area contributed by atoms with Crippen LogP contribution >= 0.6 is 27.7 Å². The number of carbonyl (C=O) groups excluding carboxylic acids is 1. The number of amides is 1. The molecule has 1 aliphatic rings.